The monoisotopic (exact) mass is 234 g/mol. The zero-order valence-corrected chi connectivity index (χ0v) is 10.8. The van der Waals surface area contributed by atoms with Crippen molar-refractivity contribution in [1.82, 2.24) is 4.90 Å². The van der Waals surface area contributed by atoms with Gasteiger partial charge in [-0.1, -0.05) is 12.1 Å². The quantitative estimate of drug-likeness (QED) is 0.862. The van der Waals surface area contributed by atoms with Crippen LogP contribution in [0.1, 0.15) is 18.4 Å². The van der Waals surface area contributed by atoms with Crippen molar-refractivity contribution in [3.8, 4) is 0 Å². The molecule has 0 aromatic heterocycles. The molecule has 1 fully saturated rings. The van der Waals surface area contributed by atoms with Gasteiger partial charge in [-0.15, -0.1) is 0 Å². The maximum atomic E-state index is 9.02. The Kier molecular flexibility index (Phi) is 4.02. The zero-order valence-electron chi connectivity index (χ0n) is 10.8. The third-order valence-electron chi connectivity index (χ3n) is 3.68. The lowest BCUT2D eigenvalue weighted by atomic mass is 10.0. The molecule has 1 aliphatic rings. The molecule has 3 nitrogen and oxygen atoms in total. The molecule has 3 heteroatoms. The number of hydrogen-bond acceptors (Lipinski definition) is 3. The molecule has 0 amide bonds. The molecule has 0 saturated carbocycles. The second-order valence-electron chi connectivity index (χ2n) is 5.01. The second-order valence-corrected chi connectivity index (χ2v) is 5.01. The molecule has 1 saturated heterocycles. The van der Waals surface area contributed by atoms with Gasteiger partial charge in [-0.3, -0.25) is 0 Å². The first-order valence-electron chi connectivity index (χ1n) is 6.32. The summed E-state index contributed by atoms with van der Waals surface area (Å²) in [4.78, 5) is 4.76. The van der Waals surface area contributed by atoms with Crippen molar-refractivity contribution in [1.29, 1.82) is 0 Å². The number of anilines is 1. The molecule has 0 unspecified atom stereocenters. The van der Waals surface area contributed by atoms with Gasteiger partial charge in [0, 0.05) is 24.8 Å². The Morgan fingerprint density at radius 1 is 1.18 bits per heavy atom. The van der Waals surface area contributed by atoms with Crippen LogP contribution in [0.3, 0.4) is 0 Å². The average molecular weight is 234 g/mol. The Balaban J connectivity index is 1.95. The first-order chi connectivity index (χ1) is 8.20. The van der Waals surface area contributed by atoms with Crippen LogP contribution in [0.2, 0.25) is 0 Å². The highest BCUT2D eigenvalue weighted by Crippen LogP contribution is 2.22. The van der Waals surface area contributed by atoms with E-state index in [-0.39, 0.29) is 6.61 Å². The number of hydrogen-bond donors (Lipinski definition) is 1. The smallest absolute Gasteiger partial charge is 0.0681 e. The summed E-state index contributed by atoms with van der Waals surface area (Å²) in [6.45, 7) is 2.38. The van der Waals surface area contributed by atoms with E-state index in [4.69, 9.17) is 5.11 Å². The molecule has 17 heavy (non-hydrogen) atoms. The summed E-state index contributed by atoms with van der Waals surface area (Å²) in [5.41, 5.74) is 2.26. The largest absolute Gasteiger partial charge is 0.392 e. The first-order valence-corrected chi connectivity index (χ1v) is 6.32. The number of piperidine rings is 1. The highest BCUT2D eigenvalue weighted by Gasteiger charge is 2.20. The lowest BCUT2D eigenvalue weighted by Crippen LogP contribution is -2.41. The summed E-state index contributed by atoms with van der Waals surface area (Å²) in [5.74, 6) is 0. The van der Waals surface area contributed by atoms with E-state index in [9.17, 15) is 0 Å². The van der Waals surface area contributed by atoms with Gasteiger partial charge in [0.05, 0.1) is 6.61 Å². The maximum absolute atomic E-state index is 9.02. The molecule has 0 radical (unpaired) electrons. The highest BCUT2D eigenvalue weighted by molar-refractivity contribution is 5.47. The molecule has 0 atom stereocenters. The summed E-state index contributed by atoms with van der Waals surface area (Å²) in [7, 11) is 4.33. The van der Waals surface area contributed by atoms with Gasteiger partial charge in [-0.05, 0) is 44.6 Å². The minimum atomic E-state index is 0.128. The lowest BCUT2D eigenvalue weighted by molar-refractivity contribution is 0.249. The Labute approximate surface area is 104 Å². The molecule has 1 heterocycles. The Morgan fingerprint density at radius 3 is 2.24 bits per heavy atom. The van der Waals surface area contributed by atoms with E-state index in [0.717, 1.165) is 24.7 Å². The molecule has 1 aromatic carbocycles. The SMILES string of the molecule is CN(C)C1CCN(c2ccc(CO)cc2)CC1. The van der Waals surface area contributed by atoms with E-state index in [2.05, 4.69) is 36.0 Å². The molecule has 1 aromatic rings. The van der Waals surface area contributed by atoms with Crippen LogP contribution in [-0.2, 0) is 6.61 Å². The van der Waals surface area contributed by atoms with Gasteiger partial charge in [0.25, 0.3) is 0 Å². The molecule has 0 bridgehead atoms. The Bertz CT molecular complexity index is 340. The molecule has 1 N–H and O–H groups in total. The fourth-order valence-corrected chi connectivity index (χ4v) is 2.45. The van der Waals surface area contributed by atoms with Gasteiger partial charge in [0.1, 0.15) is 0 Å². The van der Waals surface area contributed by atoms with Crippen LogP contribution in [0, 0.1) is 0 Å². The third-order valence-corrected chi connectivity index (χ3v) is 3.68. The van der Waals surface area contributed by atoms with Crippen molar-refractivity contribution < 1.29 is 5.11 Å². The van der Waals surface area contributed by atoms with E-state index in [1.165, 1.54) is 18.5 Å². The third kappa shape index (κ3) is 2.99. The van der Waals surface area contributed by atoms with Crippen LogP contribution >= 0.6 is 0 Å². The number of nitrogens with zero attached hydrogens (tertiary/aromatic N) is 2. The number of rotatable bonds is 3. The van der Waals surface area contributed by atoms with Crippen molar-refractivity contribution in [2.75, 3.05) is 32.1 Å². The lowest BCUT2D eigenvalue weighted by Gasteiger charge is -2.36. The summed E-state index contributed by atoms with van der Waals surface area (Å²) < 4.78 is 0. The molecule has 2 rings (SSSR count). The Morgan fingerprint density at radius 2 is 1.76 bits per heavy atom. The van der Waals surface area contributed by atoms with Gasteiger partial charge in [0.15, 0.2) is 0 Å². The topological polar surface area (TPSA) is 26.7 Å². The van der Waals surface area contributed by atoms with E-state index >= 15 is 0 Å². The highest BCUT2D eigenvalue weighted by atomic mass is 16.3. The van der Waals surface area contributed by atoms with Crippen LogP contribution in [0.4, 0.5) is 5.69 Å². The molecule has 94 valence electrons. The van der Waals surface area contributed by atoms with E-state index in [1.807, 2.05) is 12.1 Å². The van der Waals surface area contributed by atoms with Crippen LogP contribution in [0.25, 0.3) is 0 Å². The van der Waals surface area contributed by atoms with E-state index < -0.39 is 0 Å². The van der Waals surface area contributed by atoms with Gasteiger partial charge >= 0.3 is 0 Å². The minimum Gasteiger partial charge on any atom is -0.392 e. The summed E-state index contributed by atoms with van der Waals surface area (Å²) in [5, 5.41) is 9.02. The standard InChI is InChI=1S/C14H22N2O/c1-15(2)13-7-9-16(10-8-13)14-5-3-12(11-17)4-6-14/h3-6,13,17H,7-11H2,1-2H3. The summed E-state index contributed by atoms with van der Waals surface area (Å²) in [6.07, 6.45) is 2.46. The molecular weight excluding hydrogens is 212 g/mol. The van der Waals surface area contributed by atoms with Crippen molar-refractivity contribution in [3.05, 3.63) is 29.8 Å². The fraction of sp³-hybridized carbons (Fsp3) is 0.571. The Hall–Kier alpha value is -1.06. The zero-order chi connectivity index (χ0) is 12.3. The molecular formula is C14H22N2O. The number of aliphatic hydroxyl groups excluding tert-OH is 1. The van der Waals surface area contributed by atoms with Crippen LogP contribution in [0.5, 0.6) is 0 Å². The average Bonchev–Trinajstić information content (AvgIpc) is 2.39. The molecule has 1 aliphatic heterocycles. The van der Waals surface area contributed by atoms with E-state index in [1.54, 1.807) is 0 Å². The van der Waals surface area contributed by atoms with Crippen molar-refractivity contribution >= 4 is 5.69 Å². The van der Waals surface area contributed by atoms with Crippen LogP contribution in [0.15, 0.2) is 24.3 Å². The second kappa shape index (κ2) is 5.52. The summed E-state index contributed by atoms with van der Waals surface area (Å²) in [6, 6.07) is 8.96. The van der Waals surface area contributed by atoms with Crippen molar-refractivity contribution in [2.45, 2.75) is 25.5 Å². The van der Waals surface area contributed by atoms with Gasteiger partial charge in [-0.25, -0.2) is 0 Å². The number of benzene rings is 1. The predicted molar refractivity (Wildman–Crippen MR) is 71.3 cm³/mol. The van der Waals surface area contributed by atoms with Crippen LogP contribution < -0.4 is 4.90 Å². The minimum absolute atomic E-state index is 0.128. The normalized spacial score (nSPS) is 17.8. The van der Waals surface area contributed by atoms with Crippen molar-refractivity contribution in [2.24, 2.45) is 0 Å². The van der Waals surface area contributed by atoms with Crippen LogP contribution in [-0.4, -0.2) is 43.2 Å². The number of aliphatic hydroxyl groups is 1. The predicted octanol–water partition coefficient (Wildman–Crippen LogP) is 1.71. The van der Waals surface area contributed by atoms with Gasteiger partial charge in [-0.2, -0.15) is 0 Å². The van der Waals surface area contributed by atoms with Gasteiger partial charge in [0.2, 0.25) is 0 Å². The van der Waals surface area contributed by atoms with Gasteiger partial charge < -0.3 is 14.9 Å². The molecule has 0 aliphatic carbocycles. The van der Waals surface area contributed by atoms with Crippen molar-refractivity contribution in [3.63, 3.8) is 0 Å². The maximum Gasteiger partial charge on any atom is 0.0681 e. The summed E-state index contributed by atoms with van der Waals surface area (Å²) >= 11 is 0. The molecule has 0 spiro atoms. The first kappa shape index (κ1) is 12.4. The fourth-order valence-electron chi connectivity index (χ4n) is 2.45. The van der Waals surface area contributed by atoms with E-state index in [0.29, 0.717) is 0 Å².